The number of nitrogens with one attached hydrogen (secondary N) is 1. The van der Waals surface area contributed by atoms with Crippen LogP contribution >= 0.6 is 0 Å². The Balaban J connectivity index is 1.41. The van der Waals surface area contributed by atoms with Crippen LogP contribution in [0.5, 0.6) is 0 Å². The van der Waals surface area contributed by atoms with Crippen LogP contribution in [0.2, 0.25) is 0 Å². The first-order chi connectivity index (χ1) is 14.3. The Morgan fingerprint density at radius 3 is 2.60 bits per heavy atom. The summed E-state index contributed by atoms with van der Waals surface area (Å²) in [7, 11) is -2.07. The molecule has 1 atom stereocenters. The second-order valence-electron chi connectivity index (χ2n) is 6.96. The zero-order valence-corrected chi connectivity index (χ0v) is 17.2. The average molecular weight is 424 g/mol. The number of amides is 1. The second-order valence-corrected chi connectivity index (χ2v) is 8.54. The number of aromatic nitrogens is 3. The van der Waals surface area contributed by atoms with Gasteiger partial charge < -0.3 is 10.2 Å². The average Bonchev–Trinajstić information content (AvgIpc) is 3.35. The van der Waals surface area contributed by atoms with E-state index < -0.39 is 10.0 Å². The lowest BCUT2D eigenvalue weighted by atomic mass is 10.1. The first-order valence-corrected chi connectivity index (χ1v) is 10.7. The molecular weight excluding hydrogens is 404 g/mol. The Morgan fingerprint density at radius 2 is 1.90 bits per heavy atom. The molecule has 1 N–H and O–H groups in total. The summed E-state index contributed by atoms with van der Waals surface area (Å²) in [4.78, 5) is 18.2. The zero-order valence-electron chi connectivity index (χ0n) is 16.4. The Kier molecular flexibility index (Phi) is 5.08. The van der Waals surface area contributed by atoms with E-state index in [2.05, 4.69) is 19.8 Å². The molecule has 1 aliphatic rings. The van der Waals surface area contributed by atoms with Crippen molar-refractivity contribution in [1.29, 1.82) is 0 Å². The van der Waals surface area contributed by atoms with Crippen LogP contribution in [0.25, 0.3) is 5.69 Å². The van der Waals surface area contributed by atoms with E-state index in [0.29, 0.717) is 5.56 Å². The van der Waals surface area contributed by atoms with Crippen molar-refractivity contribution in [2.75, 3.05) is 13.6 Å². The predicted molar refractivity (Wildman–Crippen MR) is 111 cm³/mol. The van der Waals surface area contributed by atoms with Crippen molar-refractivity contribution in [3.8, 4) is 5.69 Å². The molecule has 154 valence electrons. The van der Waals surface area contributed by atoms with Gasteiger partial charge in [-0.15, -0.1) is 4.40 Å². The number of carbonyl (C=O) groups is 1. The number of hydrogen-bond acceptors (Lipinski definition) is 6. The summed E-state index contributed by atoms with van der Waals surface area (Å²) in [6.07, 6.45) is 3.08. The summed E-state index contributed by atoms with van der Waals surface area (Å²) in [5.41, 5.74) is 2.30. The van der Waals surface area contributed by atoms with Crippen LogP contribution in [0.15, 0.2) is 70.5 Å². The normalized spacial score (nSPS) is 15.2. The number of fused-ring (bicyclic) bond motifs is 1. The van der Waals surface area contributed by atoms with Crippen molar-refractivity contribution < 1.29 is 13.2 Å². The molecule has 1 aromatic heterocycles. The van der Waals surface area contributed by atoms with Gasteiger partial charge in [-0.25, -0.2) is 9.67 Å². The zero-order chi connectivity index (χ0) is 21.3. The van der Waals surface area contributed by atoms with Crippen molar-refractivity contribution in [3.05, 3.63) is 72.3 Å². The molecule has 0 unspecified atom stereocenters. The molecule has 1 amide bonds. The molecule has 1 aliphatic heterocycles. The summed E-state index contributed by atoms with van der Waals surface area (Å²) in [5.74, 6) is 0.0282. The third-order valence-electron chi connectivity index (χ3n) is 4.81. The third-order valence-corrected chi connectivity index (χ3v) is 6.13. The Hall–Kier alpha value is -3.53. The highest BCUT2D eigenvalue weighted by Crippen LogP contribution is 2.26. The van der Waals surface area contributed by atoms with Gasteiger partial charge in [0, 0.05) is 12.6 Å². The smallest absolute Gasteiger partial charge is 0.285 e. The summed E-state index contributed by atoms with van der Waals surface area (Å²) >= 11 is 0. The van der Waals surface area contributed by atoms with Crippen LogP contribution in [0, 0.1) is 0 Å². The van der Waals surface area contributed by atoms with E-state index >= 15 is 0 Å². The number of hydrogen-bond donors (Lipinski definition) is 1. The Morgan fingerprint density at radius 1 is 1.17 bits per heavy atom. The number of likely N-dealkylation sites (N-methyl/N-ethyl adjacent to an activating group) is 1. The molecule has 0 saturated heterocycles. The quantitative estimate of drug-likeness (QED) is 0.665. The second kappa shape index (κ2) is 7.71. The van der Waals surface area contributed by atoms with E-state index in [1.807, 2.05) is 31.2 Å². The van der Waals surface area contributed by atoms with Crippen molar-refractivity contribution in [3.63, 3.8) is 0 Å². The van der Waals surface area contributed by atoms with Crippen molar-refractivity contribution in [2.45, 2.75) is 17.9 Å². The fourth-order valence-electron chi connectivity index (χ4n) is 3.28. The molecule has 0 spiro atoms. The molecule has 3 aromatic rings. The van der Waals surface area contributed by atoms with Crippen LogP contribution < -0.4 is 5.32 Å². The SMILES string of the molecule is C[C@@H](NC(=O)CN(C)C1=NS(=O)(=O)c2ccccc21)c1ccc(-n2cncn2)cc1. The predicted octanol–water partition coefficient (Wildman–Crippen LogP) is 1.53. The van der Waals surface area contributed by atoms with E-state index in [1.165, 1.54) is 12.4 Å². The minimum absolute atomic E-state index is 0.0237. The van der Waals surface area contributed by atoms with Gasteiger partial charge in [-0.2, -0.15) is 13.5 Å². The molecule has 0 fully saturated rings. The first kappa shape index (κ1) is 19.8. The fraction of sp³-hybridized carbons (Fsp3) is 0.200. The minimum atomic E-state index is -3.72. The van der Waals surface area contributed by atoms with Crippen LogP contribution in [0.1, 0.15) is 24.1 Å². The molecule has 0 radical (unpaired) electrons. The van der Waals surface area contributed by atoms with Crippen LogP contribution in [0.3, 0.4) is 0 Å². The molecule has 10 heteroatoms. The molecular formula is C20H20N6O3S. The molecule has 30 heavy (non-hydrogen) atoms. The van der Waals surface area contributed by atoms with E-state index in [1.54, 1.807) is 41.2 Å². The van der Waals surface area contributed by atoms with Gasteiger partial charge in [0.15, 0.2) is 5.84 Å². The largest absolute Gasteiger partial charge is 0.349 e. The highest BCUT2D eigenvalue weighted by molar-refractivity contribution is 7.90. The van der Waals surface area contributed by atoms with Gasteiger partial charge in [-0.05, 0) is 36.8 Å². The lowest BCUT2D eigenvalue weighted by molar-refractivity contribution is -0.121. The number of carbonyl (C=O) groups excluding carboxylic acids is 1. The summed E-state index contributed by atoms with van der Waals surface area (Å²) in [6.45, 7) is 1.86. The maximum absolute atomic E-state index is 12.5. The number of benzene rings is 2. The maximum Gasteiger partial charge on any atom is 0.285 e. The summed E-state index contributed by atoms with van der Waals surface area (Å²) in [5, 5.41) is 7.01. The van der Waals surface area contributed by atoms with Crippen molar-refractivity contribution >= 4 is 21.8 Å². The van der Waals surface area contributed by atoms with Gasteiger partial charge in [0.25, 0.3) is 10.0 Å². The molecule has 0 bridgehead atoms. The van der Waals surface area contributed by atoms with Crippen LogP contribution in [0.4, 0.5) is 0 Å². The summed E-state index contributed by atoms with van der Waals surface area (Å²) < 4.78 is 29.9. The standard InChI is InChI=1S/C20H20N6O3S/c1-14(15-7-9-16(10-8-15)26-13-21-12-22-26)23-19(27)11-25(2)20-17-5-3-4-6-18(17)30(28,29)24-20/h3-10,12-14H,11H2,1-2H3,(H,23,27)/t14-/m1/s1. The monoisotopic (exact) mass is 424 g/mol. The van der Waals surface area contributed by atoms with Gasteiger partial charge in [0.05, 0.1) is 18.3 Å². The molecule has 9 nitrogen and oxygen atoms in total. The first-order valence-electron chi connectivity index (χ1n) is 9.25. The minimum Gasteiger partial charge on any atom is -0.349 e. The summed E-state index contributed by atoms with van der Waals surface area (Å²) in [6, 6.07) is 14.0. The Bertz CT molecular complexity index is 1200. The molecule has 0 saturated carbocycles. The fourth-order valence-corrected chi connectivity index (χ4v) is 4.53. The molecule has 2 aromatic carbocycles. The third kappa shape index (κ3) is 3.81. The van der Waals surface area contributed by atoms with Crippen LogP contribution in [-0.4, -0.2) is 53.4 Å². The van der Waals surface area contributed by atoms with Gasteiger partial charge in [0.2, 0.25) is 5.91 Å². The van der Waals surface area contributed by atoms with Gasteiger partial charge in [-0.1, -0.05) is 24.3 Å². The molecule has 2 heterocycles. The number of amidine groups is 1. The maximum atomic E-state index is 12.5. The highest BCUT2D eigenvalue weighted by atomic mass is 32.2. The number of rotatable bonds is 5. The van der Waals surface area contributed by atoms with Crippen molar-refractivity contribution in [1.82, 2.24) is 25.0 Å². The molecule has 0 aliphatic carbocycles. The lowest BCUT2D eigenvalue weighted by Gasteiger charge is -2.21. The Labute approximate surface area is 174 Å². The molecule has 4 rings (SSSR count). The lowest BCUT2D eigenvalue weighted by Crippen LogP contribution is -2.39. The highest BCUT2D eigenvalue weighted by Gasteiger charge is 2.31. The number of nitrogens with zero attached hydrogens (tertiary/aromatic N) is 5. The number of sulfonamides is 1. The van der Waals surface area contributed by atoms with E-state index in [4.69, 9.17) is 0 Å². The topological polar surface area (TPSA) is 110 Å². The van der Waals surface area contributed by atoms with Gasteiger partial charge in [0.1, 0.15) is 17.6 Å². The van der Waals surface area contributed by atoms with Gasteiger partial charge >= 0.3 is 0 Å². The van der Waals surface area contributed by atoms with Gasteiger partial charge in [-0.3, -0.25) is 4.79 Å². The van der Waals surface area contributed by atoms with E-state index in [-0.39, 0.29) is 29.2 Å². The van der Waals surface area contributed by atoms with E-state index in [9.17, 15) is 13.2 Å². The van der Waals surface area contributed by atoms with Crippen molar-refractivity contribution in [2.24, 2.45) is 4.40 Å². The van der Waals surface area contributed by atoms with Crippen LogP contribution in [-0.2, 0) is 14.8 Å². The van der Waals surface area contributed by atoms with E-state index in [0.717, 1.165) is 11.3 Å².